The van der Waals surface area contributed by atoms with Crippen molar-refractivity contribution in [1.82, 2.24) is 15.5 Å². The summed E-state index contributed by atoms with van der Waals surface area (Å²) in [5.41, 5.74) is 1.94. The number of hydrogen-bond donors (Lipinski definition) is 1. The van der Waals surface area contributed by atoms with Gasteiger partial charge in [-0.2, -0.15) is 0 Å². The van der Waals surface area contributed by atoms with Gasteiger partial charge in [-0.15, -0.1) is 10.2 Å². The van der Waals surface area contributed by atoms with E-state index in [1.165, 1.54) is 24.3 Å². The summed E-state index contributed by atoms with van der Waals surface area (Å²) in [6, 6.07) is 16.3. The van der Waals surface area contributed by atoms with Gasteiger partial charge >= 0.3 is 0 Å². The zero-order chi connectivity index (χ0) is 20.1. The Morgan fingerprint density at radius 2 is 2.00 bits per heavy atom. The Bertz CT molecular complexity index is 971. The lowest BCUT2D eigenvalue weighted by Gasteiger charge is -2.11. The van der Waals surface area contributed by atoms with Crippen LogP contribution in [0.5, 0.6) is 11.6 Å². The molecule has 1 saturated heterocycles. The van der Waals surface area contributed by atoms with E-state index in [9.17, 15) is 9.18 Å². The largest absolute Gasteiger partial charge is 0.438 e. The molecule has 1 amide bonds. The van der Waals surface area contributed by atoms with Gasteiger partial charge in [0.2, 0.25) is 5.88 Å². The van der Waals surface area contributed by atoms with Crippen LogP contribution in [0.25, 0.3) is 11.3 Å². The number of nitrogens with zero attached hydrogens (tertiary/aromatic N) is 2. The molecular formula is C22H20FN3O3. The van der Waals surface area contributed by atoms with Crippen LogP contribution >= 0.6 is 0 Å². The Hall–Kier alpha value is -3.32. The van der Waals surface area contributed by atoms with Crippen LogP contribution < -0.4 is 10.1 Å². The lowest BCUT2D eigenvalue weighted by atomic mass is 10.1. The fourth-order valence-corrected chi connectivity index (χ4v) is 3.09. The Morgan fingerprint density at radius 1 is 1.14 bits per heavy atom. The third kappa shape index (κ3) is 4.94. The minimum Gasteiger partial charge on any atom is -0.438 e. The van der Waals surface area contributed by atoms with Crippen molar-refractivity contribution < 1.29 is 18.7 Å². The molecule has 1 unspecified atom stereocenters. The monoisotopic (exact) mass is 393 g/mol. The highest BCUT2D eigenvalue weighted by atomic mass is 19.1. The number of amides is 1. The van der Waals surface area contributed by atoms with Crippen LogP contribution in [0.3, 0.4) is 0 Å². The Morgan fingerprint density at radius 3 is 2.72 bits per heavy atom. The van der Waals surface area contributed by atoms with Crippen LogP contribution in [0, 0.1) is 5.82 Å². The lowest BCUT2D eigenvalue weighted by molar-refractivity contribution is 0.0858. The van der Waals surface area contributed by atoms with Gasteiger partial charge in [0.25, 0.3) is 5.91 Å². The van der Waals surface area contributed by atoms with Crippen LogP contribution in [-0.4, -0.2) is 35.4 Å². The maximum Gasteiger partial charge on any atom is 0.251 e. The van der Waals surface area contributed by atoms with E-state index in [0.717, 1.165) is 25.0 Å². The molecular weight excluding hydrogens is 373 g/mol. The highest BCUT2D eigenvalue weighted by Crippen LogP contribution is 2.22. The van der Waals surface area contributed by atoms with E-state index >= 15 is 0 Å². The standard InChI is InChI=1S/C22H20FN3O3/c23-17-6-8-18(9-7-17)29-21-11-10-20(25-26-21)15-3-1-4-16(13-15)22(27)24-14-19-5-2-12-28-19/h1,3-4,6-11,13,19H,2,5,12,14H2,(H,24,27). The van der Waals surface area contributed by atoms with E-state index in [-0.39, 0.29) is 17.8 Å². The fourth-order valence-electron chi connectivity index (χ4n) is 3.09. The molecule has 6 nitrogen and oxygen atoms in total. The number of hydrogen-bond acceptors (Lipinski definition) is 5. The number of ether oxygens (including phenoxy) is 2. The summed E-state index contributed by atoms with van der Waals surface area (Å²) in [4.78, 5) is 12.4. The quantitative estimate of drug-likeness (QED) is 0.686. The van der Waals surface area contributed by atoms with Gasteiger partial charge in [0.05, 0.1) is 11.8 Å². The van der Waals surface area contributed by atoms with Crippen molar-refractivity contribution in [2.75, 3.05) is 13.2 Å². The van der Waals surface area contributed by atoms with Gasteiger partial charge in [-0.25, -0.2) is 4.39 Å². The second-order valence-electron chi connectivity index (χ2n) is 6.74. The van der Waals surface area contributed by atoms with Crippen LogP contribution in [0.15, 0.2) is 60.7 Å². The Balaban J connectivity index is 1.42. The molecule has 148 valence electrons. The first-order valence-corrected chi connectivity index (χ1v) is 9.45. The van der Waals surface area contributed by atoms with E-state index in [1.54, 1.807) is 30.3 Å². The van der Waals surface area contributed by atoms with E-state index in [1.807, 2.05) is 6.07 Å². The molecule has 0 bridgehead atoms. The van der Waals surface area contributed by atoms with Crippen LogP contribution in [0.1, 0.15) is 23.2 Å². The molecule has 1 aliphatic heterocycles. The zero-order valence-electron chi connectivity index (χ0n) is 15.7. The van der Waals surface area contributed by atoms with Crippen molar-refractivity contribution in [2.24, 2.45) is 0 Å². The van der Waals surface area contributed by atoms with Gasteiger partial charge in [-0.3, -0.25) is 4.79 Å². The topological polar surface area (TPSA) is 73.3 Å². The molecule has 0 spiro atoms. The highest BCUT2D eigenvalue weighted by Gasteiger charge is 2.17. The molecule has 29 heavy (non-hydrogen) atoms. The normalized spacial score (nSPS) is 15.8. The number of nitrogens with one attached hydrogen (secondary N) is 1. The zero-order valence-corrected chi connectivity index (χ0v) is 15.7. The van der Waals surface area contributed by atoms with Gasteiger partial charge < -0.3 is 14.8 Å². The molecule has 4 rings (SSSR count). The van der Waals surface area contributed by atoms with Gasteiger partial charge in [0, 0.05) is 30.3 Å². The first kappa shape index (κ1) is 19.0. The fraction of sp³-hybridized carbons (Fsp3) is 0.227. The Kier molecular flexibility index (Phi) is 5.76. The predicted octanol–water partition coefficient (Wildman–Crippen LogP) is 3.98. The summed E-state index contributed by atoms with van der Waals surface area (Å²) in [7, 11) is 0. The van der Waals surface area contributed by atoms with Crippen molar-refractivity contribution in [3.63, 3.8) is 0 Å². The molecule has 0 radical (unpaired) electrons. The molecule has 0 aliphatic carbocycles. The lowest BCUT2D eigenvalue weighted by Crippen LogP contribution is -2.31. The van der Waals surface area contributed by atoms with Crippen LogP contribution in [0.4, 0.5) is 4.39 Å². The number of benzene rings is 2. The molecule has 2 aromatic carbocycles. The molecule has 7 heteroatoms. The van der Waals surface area contributed by atoms with Gasteiger partial charge in [-0.05, 0) is 55.3 Å². The van der Waals surface area contributed by atoms with Gasteiger partial charge in [0.15, 0.2) is 0 Å². The van der Waals surface area contributed by atoms with Crippen molar-refractivity contribution >= 4 is 5.91 Å². The summed E-state index contributed by atoms with van der Waals surface area (Å²) in [5, 5.41) is 11.1. The second kappa shape index (κ2) is 8.79. The molecule has 1 aromatic heterocycles. The van der Waals surface area contributed by atoms with Crippen molar-refractivity contribution in [3.05, 3.63) is 72.0 Å². The van der Waals surface area contributed by atoms with Crippen molar-refractivity contribution in [2.45, 2.75) is 18.9 Å². The number of aromatic nitrogens is 2. The predicted molar refractivity (Wildman–Crippen MR) is 105 cm³/mol. The maximum absolute atomic E-state index is 13.0. The molecule has 3 aromatic rings. The summed E-state index contributed by atoms with van der Waals surface area (Å²) < 4.78 is 24.0. The molecule has 1 atom stereocenters. The van der Waals surface area contributed by atoms with Gasteiger partial charge in [-0.1, -0.05) is 12.1 Å². The maximum atomic E-state index is 13.0. The van der Waals surface area contributed by atoms with E-state index < -0.39 is 0 Å². The molecule has 1 fully saturated rings. The molecule has 1 N–H and O–H groups in total. The Labute approximate surface area is 167 Å². The molecule has 1 aliphatic rings. The van der Waals surface area contributed by atoms with E-state index in [4.69, 9.17) is 9.47 Å². The van der Waals surface area contributed by atoms with Crippen LogP contribution in [-0.2, 0) is 4.74 Å². The summed E-state index contributed by atoms with van der Waals surface area (Å²) in [6.45, 7) is 1.27. The average Bonchev–Trinajstić information content (AvgIpc) is 3.28. The number of carbonyl (C=O) groups is 1. The van der Waals surface area contributed by atoms with E-state index in [0.29, 0.717) is 29.4 Å². The van der Waals surface area contributed by atoms with Crippen LogP contribution in [0.2, 0.25) is 0 Å². The van der Waals surface area contributed by atoms with Gasteiger partial charge in [0.1, 0.15) is 11.6 Å². The smallest absolute Gasteiger partial charge is 0.251 e. The number of halogens is 1. The summed E-state index contributed by atoms with van der Waals surface area (Å²) in [5.74, 6) is 0.286. The van der Waals surface area contributed by atoms with E-state index in [2.05, 4.69) is 15.5 Å². The van der Waals surface area contributed by atoms with Crippen molar-refractivity contribution in [1.29, 1.82) is 0 Å². The summed E-state index contributed by atoms with van der Waals surface area (Å²) in [6.07, 6.45) is 2.11. The third-order valence-corrected chi connectivity index (χ3v) is 4.61. The van der Waals surface area contributed by atoms with Crippen molar-refractivity contribution in [3.8, 4) is 22.9 Å². The highest BCUT2D eigenvalue weighted by molar-refractivity contribution is 5.95. The second-order valence-corrected chi connectivity index (χ2v) is 6.74. The number of rotatable bonds is 6. The minimum absolute atomic E-state index is 0.0988. The average molecular weight is 393 g/mol. The first-order valence-electron chi connectivity index (χ1n) is 9.45. The molecule has 2 heterocycles. The molecule has 0 saturated carbocycles. The first-order chi connectivity index (χ1) is 14.2. The minimum atomic E-state index is -0.335. The number of carbonyl (C=O) groups excluding carboxylic acids is 1. The summed E-state index contributed by atoms with van der Waals surface area (Å²) >= 11 is 0. The SMILES string of the molecule is O=C(NCC1CCCO1)c1cccc(-c2ccc(Oc3ccc(F)cc3)nn2)c1. The third-order valence-electron chi connectivity index (χ3n) is 4.61.